The smallest absolute Gasteiger partial charge is 0.364 e. The van der Waals surface area contributed by atoms with Gasteiger partial charge in [0.2, 0.25) is 0 Å². The maximum absolute atomic E-state index is 12.7. The van der Waals surface area contributed by atoms with Crippen molar-refractivity contribution < 1.29 is 22.7 Å². The predicted octanol–water partition coefficient (Wildman–Crippen LogP) is 3.11. The lowest BCUT2D eigenvalue weighted by Gasteiger charge is -2.17. The van der Waals surface area contributed by atoms with E-state index in [0.29, 0.717) is 17.8 Å². The molecule has 2 N–H and O–H groups in total. The van der Waals surface area contributed by atoms with Crippen molar-refractivity contribution in [2.45, 2.75) is 19.2 Å². The number of rotatable bonds is 5. The molecule has 0 saturated heterocycles. The van der Waals surface area contributed by atoms with Crippen molar-refractivity contribution in [1.29, 1.82) is 0 Å². The molecule has 0 aliphatic heterocycles. The van der Waals surface area contributed by atoms with E-state index >= 15 is 0 Å². The topological polar surface area (TPSA) is 71.2 Å². The normalized spacial score (nSPS) is 12.7. The number of aromatic amines is 1. The van der Waals surface area contributed by atoms with E-state index in [0.717, 1.165) is 0 Å². The van der Waals surface area contributed by atoms with Gasteiger partial charge in [-0.05, 0) is 18.6 Å². The molecule has 1 unspecified atom stereocenters. The summed E-state index contributed by atoms with van der Waals surface area (Å²) in [6, 6.07) is 9.04. The molecule has 2 rings (SSSR count). The van der Waals surface area contributed by atoms with Gasteiger partial charge in [-0.15, -0.1) is 0 Å². The first-order valence-electron chi connectivity index (χ1n) is 7.10. The van der Waals surface area contributed by atoms with Crippen LogP contribution >= 0.6 is 0 Å². The molecule has 1 atom stereocenters. The quantitative estimate of drug-likeness (QED) is 0.878. The van der Waals surface area contributed by atoms with Gasteiger partial charge >= 0.3 is 6.18 Å². The Morgan fingerprint density at radius 2 is 1.96 bits per heavy atom. The van der Waals surface area contributed by atoms with E-state index in [9.17, 15) is 22.8 Å². The van der Waals surface area contributed by atoms with Crippen LogP contribution in [0.4, 0.5) is 18.9 Å². The molecule has 0 aliphatic rings. The van der Waals surface area contributed by atoms with Gasteiger partial charge in [0, 0.05) is 12.8 Å². The highest BCUT2D eigenvalue weighted by atomic mass is 19.4. The second-order valence-corrected chi connectivity index (χ2v) is 4.86. The number of H-pyrrole nitrogens is 1. The summed E-state index contributed by atoms with van der Waals surface area (Å²) in [5.74, 6) is -0.729. The molecule has 0 aliphatic carbocycles. The maximum Gasteiger partial charge on any atom is 0.417 e. The number of carbonyl (C=O) groups excluding carboxylic acids is 1. The molecule has 0 saturated carbocycles. The second-order valence-electron chi connectivity index (χ2n) is 4.86. The Labute approximate surface area is 135 Å². The lowest BCUT2D eigenvalue weighted by atomic mass is 10.1. The highest BCUT2D eigenvalue weighted by Gasteiger charge is 2.32. The average Bonchev–Trinajstić information content (AvgIpc) is 2.54. The van der Waals surface area contributed by atoms with E-state index in [1.165, 1.54) is 0 Å². The number of hydrogen-bond acceptors (Lipinski definition) is 3. The number of amides is 1. The maximum atomic E-state index is 12.7. The number of aromatic nitrogens is 1. The SMILES string of the molecule is CCOC(C(=O)Nc1cc(C(F)(F)F)c[nH]c1=O)c1ccccc1. The molecule has 1 aromatic heterocycles. The Bertz CT molecular complexity index is 757. The summed E-state index contributed by atoms with van der Waals surface area (Å²) < 4.78 is 43.5. The van der Waals surface area contributed by atoms with E-state index in [4.69, 9.17) is 4.74 Å². The third kappa shape index (κ3) is 4.23. The predicted molar refractivity (Wildman–Crippen MR) is 81.5 cm³/mol. The molecule has 1 aromatic carbocycles. The van der Waals surface area contributed by atoms with Gasteiger partial charge in [0.15, 0.2) is 6.10 Å². The van der Waals surface area contributed by atoms with Gasteiger partial charge in [-0.2, -0.15) is 13.2 Å². The van der Waals surface area contributed by atoms with Gasteiger partial charge in [0.05, 0.1) is 5.56 Å². The summed E-state index contributed by atoms with van der Waals surface area (Å²) in [5, 5.41) is 2.20. The van der Waals surface area contributed by atoms with Crippen LogP contribution in [0.1, 0.15) is 24.2 Å². The Hall–Kier alpha value is -2.61. The number of anilines is 1. The zero-order valence-electron chi connectivity index (χ0n) is 12.7. The highest BCUT2D eigenvalue weighted by molar-refractivity contribution is 5.94. The molecule has 0 fully saturated rings. The van der Waals surface area contributed by atoms with Crippen molar-refractivity contribution in [3.8, 4) is 0 Å². The molecule has 24 heavy (non-hydrogen) atoms. The fraction of sp³-hybridized carbons (Fsp3) is 0.250. The first kappa shape index (κ1) is 17.7. The summed E-state index contributed by atoms with van der Waals surface area (Å²) >= 11 is 0. The van der Waals surface area contributed by atoms with Crippen LogP contribution in [0.2, 0.25) is 0 Å². The summed E-state index contributed by atoms with van der Waals surface area (Å²) in [4.78, 5) is 26.0. The Kier molecular flexibility index (Phi) is 5.40. The number of ether oxygens (including phenoxy) is 1. The standard InChI is InChI=1S/C16H15F3N2O3/c1-2-24-13(10-6-4-3-5-7-10)15(23)21-12-8-11(16(17,18)19)9-20-14(12)22/h3-9,13H,2H2,1H3,(H,20,22)(H,21,23). The van der Waals surface area contributed by atoms with Crippen LogP contribution in [0.5, 0.6) is 0 Å². The van der Waals surface area contributed by atoms with E-state index in [1.807, 2.05) is 4.98 Å². The number of halogens is 3. The molecule has 0 bridgehead atoms. The third-order valence-electron chi connectivity index (χ3n) is 3.16. The van der Waals surface area contributed by atoms with E-state index in [-0.39, 0.29) is 6.61 Å². The van der Waals surface area contributed by atoms with Crippen LogP contribution in [0.3, 0.4) is 0 Å². The zero-order valence-corrected chi connectivity index (χ0v) is 12.7. The van der Waals surface area contributed by atoms with Crippen molar-refractivity contribution in [3.05, 3.63) is 64.1 Å². The molecule has 8 heteroatoms. The van der Waals surface area contributed by atoms with Crippen molar-refractivity contribution in [1.82, 2.24) is 4.98 Å². The van der Waals surface area contributed by atoms with Crippen molar-refractivity contribution in [2.24, 2.45) is 0 Å². The first-order chi connectivity index (χ1) is 11.3. The molecule has 0 radical (unpaired) electrons. The Balaban J connectivity index is 2.29. The minimum absolute atomic E-state index is 0.214. The second kappa shape index (κ2) is 7.31. The van der Waals surface area contributed by atoms with Gasteiger partial charge in [0.1, 0.15) is 5.69 Å². The van der Waals surface area contributed by atoms with Crippen LogP contribution in [-0.2, 0) is 15.7 Å². The lowest BCUT2D eigenvalue weighted by Crippen LogP contribution is -2.27. The molecule has 1 heterocycles. The molecule has 128 valence electrons. The van der Waals surface area contributed by atoms with Crippen molar-refractivity contribution >= 4 is 11.6 Å². The monoisotopic (exact) mass is 340 g/mol. The van der Waals surface area contributed by atoms with Gasteiger partial charge in [-0.1, -0.05) is 30.3 Å². The number of pyridine rings is 1. The van der Waals surface area contributed by atoms with E-state index in [2.05, 4.69) is 5.32 Å². The lowest BCUT2D eigenvalue weighted by molar-refractivity contribution is -0.138. The van der Waals surface area contributed by atoms with Gasteiger partial charge in [-0.25, -0.2) is 0 Å². The molecular weight excluding hydrogens is 325 g/mol. The fourth-order valence-corrected chi connectivity index (χ4v) is 2.06. The first-order valence-corrected chi connectivity index (χ1v) is 7.10. The number of nitrogens with one attached hydrogen (secondary N) is 2. The van der Waals surface area contributed by atoms with Gasteiger partial charge in [-0.3, -0.25) is 9.59 Å². The molecule has 1 amide bonds. The Morgan fingerprint density at radius 3 is 2.54 bits per heavy atom. The summed E-state index contributed by atoms with van der Waals surface area (Å²) in [5.41, 5.74) is -1.86. The van der Waals surface area contributed by atoms with Crippen molar-refractivity contribution in [3.63, 3.8) is 0 Å². The molecule has 2 aromatic rings. The van der Waals surface area contributed by atoms with E-state index < -0.39 is 35.0 Å². The summed E-state index contributed by atoms with van der Waals surface area (Å²) in [6.07, 6.45) is -5.12. The average molecular weight is 340 g/mol. The van der Waals surface area contributed by atoms with E-state index in [1.54, 1.807) is 37.3 Å². The minimum Gasteiger partial charge on any atom is -0.364 e. The third-order valence-corrected chi connectivity index (χ3v) is 3.16. The minimum atomic E-state index is -4.64. The number of alkyl halides is 3. The molecular formula is C16H15F3N2O3. The molecule has 0 spiro atoms. The number of benzene rings is 1. The van der Waals surface area contributed by atoms with Crippen LogP contribution in [0, 0.1) is 0 Å². The van der Waals surface area contributed by atoms with Crippen LogP contribution < -0.4 is 10.9 Å². The van der Waals surface area contributed by atoms with Crippen LogP contribution in [0.15, 0.2) is 47.4 Å². The number of hydrogen-bond donors (Lipinski definition) is 2. The Morgan fingerprint density at radius 1 is 1.29 bits per heavy atom. The van der Waals surface area contributed by atoms with Gasteiger partial charge < -0.3 is 15.0 Å². The van der Waals surface area contributed by atoms with Crippen LogP contribution in [-0.4, -0.2) is 17.5 Å². The fourth-order valence-electron chi connectivity index (χ4n) is 2.06. The van der Waals surface area contributed by atoms with Crippen molar-refractivity contribution in [2.75, 3.05) is 11.9 Å². The molecule has 5 nitrogen and oxygen atoms in total. The zero-order chi connectivity index (χ0) is 17.7. The largest absolute Gasteiger partial charge is 0.417 e. The number of carbonyl (C=O) groups is 1. The van der Waals surface area contributed by atoms with Crippen LogP contribution in [0.25, 0.3) is 0 Å². The summed E-state index contributed by atoms with van der Waals surface area (Å²) in [7, 11) is 0. The summed E-state index contributed by atoms with van der Waals surface area (Å²) in [6.45, 7) is 1.90. The van der Waals surface area contributed by atoms with Gasteiger partial charge in [0.25, 0.3) is 11.5 Å². The highest BCUT2D eigenvalue weighted by Crippen LogP contribution is 2.29.